The number of amidine groups is 1. The van der Waals surface area contributed by atoms with E-state index in [1.807, 2.05) is 66.7 Å². The molecule has 2 aromatic heterocycles. The number of rotatable bonds is 5. The van der Waals surface area contributed by atoms with E-state index in [9.17, 15) is 0 Å². The summed E-state index contributed by atoms with van der Waals surface area (Å²) in [5.41, 5.74) is 10.8. The van der Waals surface area contributed by atoms with E-state index in [0.717, 1.165) is 63.2 Å². The zero-order valence-corrected chi connectivity index (χ0v) is 22.2. The molecule has 1 saturated carbocycles. The molecule has 0 radical (unpaired) electrons. The highest BCUT2D eigenvalue weighted by Crippen LogP contribution is 2.31. The first-order chi connectivity index (χ1) is 17.1. The van der Waals surface area contributed by atoms with Crippen LogP contribution in [0.3, 0.4) is 0 Å². The third-order valence-electron chi connectivity index (χ3n) is 6.44. The predicted molar refractivity (Wildman–Crippen MR) is 156 cm³/mol. The van der Waals surface area contributed by atoms with Gasteiger partial charge in [-0.05, 0) is 79.6 Å². The Hall–Kier alpha value is -3.32. The Kier molecular flexibility index (Phi) is 8.22. The van der Waals surface area contributed by atoms with Gasteiger partial charge in [0.05, 0.1) is 22.6 Å². The highest BCUT2D eigenvalue weighted by molar-refractivity contribution is 6.31. The zero-order chi connectivity index (χ0) is 23.8. The van der Waals surface area contributed by atoms with Gasteiger partial charge >= 0.3 is 0 Å². The Balaban J connectivity index is 0.00000160. The van der Waals surface area contributed by atoms with Gasteiger partial charge in [-0.3, -0.25) is 9.98 Å². The van der Waals surface area contributed by atoms with Crippen LogP contribution in [0.5, 0.6) is 11.5 Å². The van der Waals surface area contributed by atoms with E-state index in [4.69, 9.17) is 32.0 Å². The second kappa shape index (κ2) is 11.4. The fourth-order valence-electron chi connectivity index (χ4n) is 4.60. The SMILES string of the molecule is Cl.Cl.NC(=NC1CCCC1)c1ccc2nc(-c3ccc(Oc4ccnc5cc(Cl)ccc45)cc3)[nH]c2c1. The molecule has 6 nitrogen and oxygen atoms in total. The number of hydrogen-bond donors (Lipinski definition) is 2. The summed E-state index contributed by atoms with van der Waals surface area (Å²) in [6.07, 6.45) is 6.45. The van der Waals surface area contributed by atoms with Crippen LogP contribution in [0.4, 0.5) is 0 Å². The van der Waals surface area contributed by atoms with Crippen molar-refractivity contribution in [3.63, 3.8) is 0 Å². The first kappa shape index (κ1) is 26.7. The summed E-state index contributed by atoms with van der Waals surface area (Å²) >= 11 is 6.09. The van der Waals surface area contributed by atoms with E-state index >= 15 is 0 Å². The molecule has 1 aliphatic rings. The minimum Gasteiger partial charge on any atom is -0.457 e. The van der Waals surface area contributed by atoms with Gasteiger partial charge in [-0.25, -0.2) is 4.98 Å². The maximum atomic E-state index is 6.30. The van der Waals surface area contributed by atoms with Crippen LogP contribution in [0.2, 0.25) is 5.02 Å². The highest BCUT2D eigenvalue weighted by Gasteiger charge is 2.15. The minimum absolute atomic E-state index is 0. The number of H-pyrrole nitrogens is 1. The van der Waals surface area contributed by atoms with Crippen molar-refractivity contribution in [2.45, 2.75) is 31.7 Å². The minimum atomic E-state index is 0. The molecule has 6 rings (SSSR count). The molecule has 190 valence electrons. The highest BCUT2D eigenvalue weighted by atomic mass is 35.5. The molecule has 2 heterocycles. The van der Waals surface area contributed by atoms with Crippen molar-refractivity contribution in [2.75, 3.05) is 0 Å². The van der Waals surface area contributed by atoms with E-state index < -0.39 is 0 Å². The lowest BCUT2D eigenvalue weighted by molar-refractivity contribution is 0.488. The number of nitrogens with one attached hydrogen (secondary N) is 1. The summed E-state index contributed by atoms with van der Waals surface area (Å²) in [6.45, 7) is 0. The average molecular weight is 555 g/mol. The summed E-state index contributed by atoms with van der Waals surface area (Å²) in [7, 11) is 0. The number of halogens is 3. The Morgan fingerprint density at radius 2 is 1.73 bits per heavy atom. The number of nitrogens with two attached hydrogens (primary N) is 1. The Labute approximate surface area is 232 Å². The molecule has 1 aliphatic carbocycles. The molecule has 0 aliphatic heterocycles. The quantitative estimate of drug-likeness (QED) is 0.172. The van der Waals surface area contributed by atoms with Crippen LogP contribution in [0.25, 0.3) is 33.3 Å². The molecule has 0 saturated heterocycles. The monoisotopic (exact) mass is 553 g/mol. The molecule has 0 bridgehead atoms. The molecule has 0 unspecified atom stereocenters. The first-order valence-electron chi connectivity index (χ1n) is 11.8. The molecule has 3 N–H and O–H groups in total. The number of aromatic amines is 1. The Morgan fingerprint density at radius 3 is 2.51 bits per heavy atom. The zero-order valence-electron chi connectivity index (χ0n) is 19.9. The number of nitrogens with zero attached hydrogens (tertiary/aromatic N) is 3. The van der Waals surface area contributed by atoms with E-state index in [0.29, 0.717) is 16.9 Å². The average Bonchev–Trinajstić information content (AvgIpc) is 3.54. The van der Waals surface area contributed by atoms with E-state index in [1.165, 1.54) is 12.8 Å². The van der Waals surface area contributed by atoms with Gasteiger partial charge in [0.2, 0.25) is 0 Å². The summed E-state index contributed by atoms with van der Waals surface area (Å²) < 4.78 is 6.14. The fourth-order valence-corrected chi connectivity index (χ4v) is 4.77. The van der Waals surface area contributed by atoms with Crippen LogP contribution in [0.15, 0.2) is 77.9 Å². The topological polar surface area (TPSA) is 89.2 Å². The van der Waals surface area contributed by atoms with Gasteiger partial charge in [0.1, 0.15) is 23.2 Å². The summed E-state index contributed by atoms with van der Waals surface area (Å²) in [5, 5.41) is 1.55. The third kappa shape index (κ3) is 5.67. The number of aromatic nitrogens is 3. The molecule has 0 atom stereocenters. The van der Waals surface area contributed by atoms with Crippen molar-refractivity contribution in [3.8, 4) is 22.9 Å². The number of fused-ring (bicyclic) bond motifs is 2. The first-order valence-corrected chi connectivity index (χ1v) is 12.2. The number of benzene rings is 3. The van der Waals surface area contributed by atoms with Crippen molar-refractivity contribution in [1.29, 1.82) is 0 Å². The van der Waals surface area contributed by atoms with Gasteiger partial charge in [0, 0.05) is 27.7 Å². The maximum absolute atomic E-state index is 6.30. The smallest absolute Gasteiger partial charge is 0.138 e. The number of pyridine rings is 1. The molecule has 5 aromatic rings. The number of hydrogen-bond acceptors (Lipinski definition) is 4. The number of ether oxygens (including phenoxy) is 1. The third-order valence-corrected chi connectivity index (χ3v) is 6.68. The van der Waals surface area contributed by atoms with Gasteiger partial charge in [-0.15, -0.1) is 24.8 Å². The summed E-state index contributed by atoms with van der Waals surface area (Å²) in [4.78, 5) is 17.3. The predicted octanol–water partition coefficient (Wildman–Crippen LogP) is 7.72. The number of aliphatic imine (C=N–C) groups is 1. The Morgan fingerprint density at radius 1 is 0.946 bits per heavy atom. The van der Waals surface area contributed by atoms with Gasteiger partial charge in [-0.2, -0.15) is 0 Å². The van der Waals surface area contributed by atoms with Crippen molar-refractivity contribution < 1.29 is 4.74 Å². The molecule has 0 spiro atoms. The van der Waals surface area contributed by atoms with Crippen LogP contribution in [0.1, 0.15) is 31.2 Å². The fraction of sp³-hybridized carbons (Fsp3) is 0.179. The molecular formula is C28H26Cl3N5O. The molecular weight excluding hydrogens is 529 g/mol. The van der Waals surface area contributed by atoms with Crippen LogP contribution in [-0.2, 0) is 0 Å². The molecule has 0 amide bonds. The van der Waals surface area contributed by atoms with Crippen LogP contribution >= 0.6 is 36.4 Å². The second-order valence-corrected chi connectivity index (χ2v) is 9.30. The van der Waals surface area contributed by atoms with Crippen molar-refractivity contribution >= 4 is 64.2 Å². The standard InChI is InChI=1S/C28H24ClN5O.2ClH/c29-19-8-11-22-24(16-19)31-14-13-26(22)35-21-9-5-17(6-10-21)28-33-23-12-7-18(15-25(23)34-28)27(30)32-20-3-1-2-4-20;;/h5-16,20H,1-4H2,(H2,30,32)(H,33,34);2*1H. The van der Waals surface area contributed by atoms with Crippen molar-refractivity contribution in [2.24, 2.45) is 10.7 Å². The van der Waals surface area contributed by atoms with Gasteiger partial charge in [-0.1, -0.05) is 24.4 Å². The lowest BCUT2D eigenvalue weighted by Crippen LogP contribution is -2.16. The maximum Gasteiger partial charge on any atom is 0.138 e. The van der Waals surface area contributed by atoms with E-state index in [-0.39, 0.29) is 24.8 Å². The van der Waals surface area contributed by atoms with Crippen LogP contribution in [0, 0.1) is 0 Å². The lowest BCUT2D eigenvalue weighted by atomic mass is 10.1. The van der Waals surface area contributed by atoms with Crippen LogP contribution < -0.4 is 10.5 Å². The van der Waals surface area contributed by atoms with Gasteiger partial charge in [0.15, 0.2) is 0 Å². The molecule has 3 aromatic carbocycles. The molecule has 9 heteroatoms. The van der Waals surface area contributed by atoms with E-state index in [1.54, 1.807) is 6.20 Å². The van der Waals surface area contributed by atoms with Gasteiger partial charge < -0.3 is 15.5 Å². The van der Waals surface area contributed by atoms with Gasteiger partial charge in [0.25, 0.3) is 0 Å². The summed E-state index contributed by atoms with van der Waals surface area (Å²) in [5.74, 6) is 2.85. The lowest BCUT2D eigenvalue weighted by Gasteiger charge is -2.09. The molecule has 37 heavy (non-hydrogen) atoms. The Bertz CT molecular complexity index is 1560. The van der Waals surface area contributed by atoms with Crippen molar-refractivity contribution in [3.05, 3.63) is 83.5 Å². The second-order valence-electron chi connectivity index (χ2n) is 8.87. The number of imidazole rings is 1. The van der Waals surface area contributed by atoms with Crippen molar-refractivity contribution in [1.82, 2.24) is 15.0 Å². The summed E-state index contributed by atoms with van der Waals surface area (Å²) in [6, 6.07) is 21.6. The van der Waals surface area contributed by atoms with Crippen LogP contribution in [-0.4, -0.2) is 26.8 Å². The largest absolute Gasteiger partial charge is 0.457 e. The van der Waals surface area contributed by atoms with E-state index in [2.05, 4.69) is 9.97 Å². The molecule has 1 fully saturated rings. The normalized spacial score (nSPS) is 13.9.